The van der Waals surface area contributed by atoms with Crippen molar-refractivity contribution >= 4 is 17.1 Å². The number of nitrogens with zero attached hydrogens (tertiary/aromatic N) is 3. The highest BCUT2D eigenvalue weighted by Gasteiger charge is 2.46. The smallest absolute Gasteiger partial charge is 0.313 e. The number of hydrogen-bond donors (Lipinski definition) is 2. The first-order valence-corrected chi connectivity index (χ1v) is 7.41. The molecule has 1 fully saturated rings. The van der Waals surface area contributed by atoms with E-state index in [1.165, 1.54) is 0 Å². The van der Waals surface area contributed by atoms with Crippen molar-refractivity contribution in [2.45, 2.75) is 25.4 Å². The van der Waals surface area contributed by atoms with Crippen LogP contribution in [0, 0.1) is 5.92 Å². The second-order valence-corrected chi connectivity index (χ2v) is 5.81. The maximum Gasteiger partial charge on any atom is 0.313 e. The fraction of sp³-hybridized carbons (Fsp3) is 0.643. The maximum absolute atomic E-state index is 12.1. The molecule has 23 heavy (non-hydrogen) atoms. The lowest BCUT2D eigenvalue weighted by Crippen LogP contribution is -2.46. The first-order valence-electron chi connectivity index (χ1n) is 7.41. The van der Waals surface area contributed by atoms with Crippen LogP contribution in [-0.2, 0) is 21.3 Å². The van der Waals surface area contributed by atoms with Crippen molar-refractivity contribution in [3.05, 3.63) is 16.7 Å². The van der Waals surface area contributed by atoms with Gasteiger partial charge in [-0.05, 0) is 6.92 Å². The monoisotopic (exact) mass is 324 g/mol. The second-order valence-electron chi connectivity index (χ2n) is 5.81. The lowest BCUT2D eigenvalue weighted by molar-refractivity contribution is -0.745. The molecular formula is C14H22N5O4+. The topological polar surface area (TPSA) is 108 Å². The average Bonchev–Trinajstić information content (AvgIpc) is 2.97. The van der Waals surface area contributed by atoms with E-state index in [0.717, 1.165) is 0 Å². The van der Waals surface area contributed by atoms with Crippen molar-refractivity contribution in [1.29, 1.82) is 0 Å². The Kier molecular flexibility index (Phi) is 4.09. The predicted octanol–water partition coefficient (Wildman–Crippen LogP) is -0.674. The largest absolute Gasteiger partial charge is 0.384 e. The molecule has 0 radical (unpaired) electrons. The molecule has 1 saturated heterocycles. The lowest BCUT2D eigenvalue weighted by atomic mass is 10.00. The van der Waals surface area contributed by atoms with E-state index in [4.69, 9.17) is 19.9 Å². The van der Waals surface area contributed by atoms with Crippen molar-refractivity contribution in [2.24, 2.45) is 13.0 Å². The molecule has 0 saturated carbocycles. The summed E-state index contributed by atoms with van der Waals surface area (Å²) < 4.78 is 20.5. The third-order valence-electron chi connectivity index (χ3n) is 4.36. The summed E-state index contributed by atoms with van der Waals surface area (Å²) in [5, 5.41) is 0. The van der Waals surface area contributed by atoms with Crippen molar-refractivity contribution in [3.63, 3.8) is 0 Å². The summed E-state index contributed by atoms with van der Waals surface area (Å²) in [6.45, 7) is 2.51. The first kappa shape index (κ1) is 15.9. The molecule has 0 aliphatic carbocycles. The molecule has 1 aliphatic heterocycles. The number of aromatic amines is 1. The minimum atomic E-state index is -0.410. The van der Waals surface area contributed by atoms with Gasteiger partial charge >= 0.3 is 5.65 Å². The van der Waals surface area contributed by atoms with Gasteiger partial charge < -0.3 is 19.9 Å². The van der Waals surface area contributed by atoms with Crippen LogP contribution in [0.1, 0.15) is 13.2 Å². The Morgan fingerprint density at radius 2 is 2.26 bits per heavy atom. The van der Waals surface area contributed by atoms with Gasteiger partial charge in [-0.3, -0.25) is 14.3 Å². The number of aryl methyl sites for hydroxylation is 1. The zero-order valence-electron chi connectivity index (χ0n) is 13.6. The van der Waals surface area contributed by atoms with Crippen LogP contribution < -0.4 is 15.9 Å². The van der Waals surface area contributed by atoms with Gasteiger partial charge in [0.1, 0.15) is 6.10 Å². The Balaban J connectivity index is 2.11. The van der Waals surface area contributed by atoms with Gasteiger partial charge in [-0.1, -0.05) is 4.98 Å². The number of ether oxygens (including phenoxy) is 3. The molecule has 1 aliphatic rings. The molecule has 126 valence electrons. The number of aromatic nitrogens is 4. The van der Waals surface area contributed by atoms with Gasteiger partial charge in [-0.25, -0.2) is 4.57 Å². The van der Waals surface area contributed by atoms with Crippen LogP contribution in [0.2, 0.25) is 0 Å². The highest BCUT2D eigenvalue weighted by molar-refractivity contribution is 5.67. The number of nitrogens with one attached hydrogen (secondary N) is 1. The molecule has 2 aromatic heterocycles. The highest BCUT2D eigenvalue weighted by Crippen LogP contribution is 2.33. The summed E-state index contributed by atoms with van der Waals surface area (Å²) in [5.41, 5.74) is 6.30. The van der Waals surface area contributed by atoms with Gasteiger partial charge in [0, 0.05) is 20.1 Å². The lowest BCUT2D eigenvalue weighted by Gasteiger charge is -2.20. The number of imidazole rings is 1. The number of nitrogens with two attached hydrogens (primary N) is 1. The van der Waals surface area contributed by atoms with Crippen molar-refractivity contribution < 1.29 is 18.8 Å². The number of fused-ring (bicyclic) bond motifs is 1. The SMILES string of the molecule is COC[C@H]1[C@@H](OC)[C@H]([n+]2cn(C)c3c(=O)[nH]c(N)nc32)O[C@@H]1C. The van der Waals surface area contributed by atoms with Crippen LogP contribution in [0.25, 0.3) is 11.2 Å². The van der Waals surface area contributed by atoms with Crippen molar-refractivity contribution in [2.75, 3.05) is 26.6 Å². The van der Waals surface area contributed by atoms with Crippen molar-refractivity contribution in [1.82, 2.24) is 14.5 Å². The van der Waals surface area contributed by atoms with E-state index < -0.39 is 6.23 Å². The van der Waals surface area contributed by atoms with Gasteiger partial charge in [-0.15, -0.1) is 0 Å². The van der Waals surface area contributed by atoms with Crippen LogP contribution in [0.3, 0.4) is 0 Å². The third-order valence-corrected chi connectivity index (χ3v) is 4.36. The Labute approximate surface area is 133 Å². The normalized spacial score (nSPS) is 27.8. The first-order chi connectivity index (χ1) is 11.0. The Morgan fingerprint density at radius 3 is 2.91 bits per heavy atom. The molecule has 0 aromatic carbocycles. The Morgan fingerprint density at radius 1 is 1.52 bits per heavy atom. The fourth-order valence-corrected chi connectivity index (χ4v) is 3.27. The zero-order chi connectivity index (χ0) is 16.7. The fourth-order valence-electron chi connectivity index (χ4n) is 3.27. The summed E-state index contributed by atoms with van der Waals surface area (Å²) >= 11 is 0. The molecule has 3 N–H and O–H groups in total. The molecule has 3 heterocycles. The standard InChI is InChI=1S/C14H21N5O4/c1-7-8(5-21-3)10(22-4)13(23-7)19-6-18(2)9-11(19)16-14(15)17-12(9)20/h6-8,10,13H,5H2,1-4H3,(H2-,15,16,17,20)/p+1/t7-,8-,10-,13-/m1/s1. The number of anilines is 1. The Hall–Kier alpha value is -1.97. The molecule has 0 amide bonds. The molecular weight excluding hydrogens is 302 g/mol. The molecule has 3 rings (SSSR count). The maximum atomic E-state index is 12.1. The molecule has 9 nitrogen and oxygen atoms in total. The van der Waals surface area contributed by atoms with E-state index in [9.17, 15) is 4.79 Å². The summed E-state index contributed by atoms with van der Waals surface area (Å²) in [6.07, 6.45) is 1.09. The van der Waals surface area contributed by atoms with E-state index in [0.29, 0.717) is 17.8 Å². The molecule has 0 unspecified atom stereocenters. The third kappa shape index (κ3) is 2.50. The van der Waals surface area contributed by atoms with Crippen LogP contribution in [-0.4, -0.2) is 47.6 Å². The number of hydrogen-bond acceptors (Lipinski definition) is 6. The summed E-state index contributed by atoms with van der Waals surface area (Å²) in [6, 6.07) is 0. The quantitative estimate of drug-likeness (QED) is 0.722. The highest BCUT2D eigenvalue weighted by atomic mass is 16.6. The number of rotatable bonds is 4. The minimum Gasteiger partial charge on any atom is -0.384 e. The summed E-state index contributed by atoms with van der Waals surface area (Å²) in [7, 11) is 5.07. The average molecular weight is 324 g/mol. The van der Waals surface area contributed by atoms with E-state index in [-0.39, 0.29) is 29.6 Å². The van der Waals surface area contributed by atoms with Gasteiger partial charge in [0.2, 0.25) is 11.7 Å². The van der Waals surface area contributed by atoms with Crippen LogP contribution >= 0.6 is 0 Å². The predicted molar refractivity (Wildman–Crippen MR) is 81.7 cm³/mol. The van der Waals surface area contributed by atoms with Gasteiger partial charge in [-0.2, -0.15) is 0 Å². The van der Waals surface area contributed by atoms with Gasteiger partial charge in [0.25, 0.3) is 11.5 Å². The minimum absolute atomic E-state index is 0.0491. The van der Waals surface area contributed by atoms with Crippen LogP contribution in [0.15, 0.2) is 11.1 Å². The number of H-pyrrole nitrogens is 1. The summed E-state index contributed by atoms with van der Waals surface area (Å²) in [4.78, 5) is 18.9. The molecule has 0 bridgehead atoms. The second kappa shape index (κ2) is 5.91. The van der Waals surface area contributed by atoms with Gasteiger partial charge in [0.15, 0.2) is 6.33 Å². The molecule has 0 spiro atoms. The number of methoxy groups -OCH3 is 2. The van der Waals surface area contributed by atoms with Crippen LogP contribution in [0.5, 0.6) is 0 Å². The number of nitrogen functional groups attached to an aromatic ring is 1. The van der Waals surface area contributed by atoms with E-state index in [1.807, 2.05) is 6.92 Å². The zero-order valence-corrected chi connectivity index (χ0v) is 13.6. The molecule has 9 heteroatoms. The van der Waals surface area contributed by atoms with Crippen LogP contribution in [0.4, 0.5) is 5.95 Å². The van der Waals surface area contributed by atoms with Gasteiger partial charge in [0.05, 0.1) is 19.8 Å². The van der Waals surface area contributed by atoms with Crippen molar-refractivity contribution in [3.8, 4) is 0 Å². The molecule has 4 atom stereocenters. The summed E-state index contributed by atoms with van der Waals surface area (Å²) in [5.74, 6) is 0.146. The molecule has 2 aromatic rings. The Bertz CT molecular complexity index is 770. The van der Waals surface area contributed by atoms with E-state index >= 15 is 0 Å². The van der Waals surface area contributed by atoms with E-state index in [2.05, 4.69) is 9.97 Å². The van der Waals surface area contributed by atoms with E-state index in [1.54, 1.807) is 36.7 Å².